The second-order valence-electron chi connectivity index (χ2n) is 1.45. The van der Waals surface area contributed by atoms with Crippen LogP contribution >= 0.6 is 0 Å². The first-order chi connectivity index (χ1) is 4.33. The molecule has 1 aromatic rings. The number of hydrogen-bond acceptors (Lipinski definition) is 1. The fourth-order valence-corrected chi connectivity index (χ4v) is 0.434. The highest BCUT2D eigenvalue weighted by molar-refractivity contribution is 5.33. The summed E-state index contributed by atoms with van der Waals surface area (Å²) in [6.07, 6.45) is 1.02. The summed E-state index contributed by atoms with van der Waals surface area (Å²) >= 11 is 0. The molecule has 3 heteroatoms. The molecule has 0 aliphatic heterocycles. The highest BCUT2D eigenvalue weighted by atomic mass is 19.1. The van der Waals surface area contributed by atoms with E-state index in [1.165, 1.54) is 12.1 Å². The SMILES string of the molecule is [C-]#[N+]c1ccc(F)cn1. The normalized spacial score (nSPS) is 8.44. The van der Waals surface area contributed by atoms with Gasteiger partial charge >= 0.3 is 0 Å². The summed E-state index contributed by atoms with van der Waals surface area (Å²) in [4.78, 5) is 6.45. The Kier molecular flexibility index (Phi) is 1.41. The van der Waals surface area contributed by atoms with Crippen LogP contribution in [0.5, 0.6) is 0 Å². The van der Waals surface area contributed by atoms with Gasteiger partial charge in [-0.1, -0.05) is 6.57 Å². The molecule has 0 N–H and O–H groups in total. The van der Waals surface area contributed by atoms with Crippen LogP contribution in [0.3, 0.4) is 0 Å². The number of pyridine rings is 1. The van der Waals surface area contributed by atoms with E-state index in [1.54, 1.807) is 0 Å². The molecular formula is C6H3FN2. The van der Waals surface area contributed by atoms with Gasteiger partial charge in [0.25, 0.3) is 5.82 Å². The van der Waals surface area contributed by atoms with Gasteiger partial charge in [-0.25, -0.2) is 4.39 Å². The Morgan fingerprint density at radius 2 is 2.33 bits per heavy atom. The van der Waals surface area contributed by atoms with Gasteiger partial charge in [0.2, 0.25) is 0 Å². The maximum atomic E-state index is 12.1. The van der Waals surface area contributed by atoms with Crippen molar-refractivity contribution in [2.45, 2.75) is 0 Å². The van der Waals surface area contributed by atoms with E-state index in [4.69, 9.17) is 6.57 Å². The molecule has 0 aliphatic rings. The van der Waals surface area contributed by atoms with Crippen LogP contribution in [0.4, 0.5) is 10.2 Å². The Bertz CT molecular complexity index is 234. The van der Waals surface area contributed by atoms with Crippen molar-refractivity contribution in [2.75, 3.05) is 0 Å². The topological polar surface area (TPSA) is 17.2 Å². The van der Waals surface area contributed by atoms with Crippen LogP contribution in [0.25, 0.3) is 4.85 Å². The molecule has 9 heavy (non-hydrogen) atoms. The van der Waals surface area contributed by atoms with Gasteiger partial charge in [-0.3, -0.25) is 0 Å². The van der Waals surface area contributed by atoms with E-state index in [0.717, 1.165) is 6.20 Å². The molecule has 1 aromatic heterocycles. The van der Waals surface area contributed by atoms with Crippen molar-refractivity contribution in [2.24, 2.45) is 0 Å². The fraction of sp³-hybridized carbons (Fsp3) is 0. The maximum Gasteiger partial charge on any atom is 0.269 e. The Labute approximate surface area is 51.8 Å². The molecule has 1 rings (SSSR count). The van der Waals surface area contributed by atoms with Gasteiger partial charge in [-0.15, -0.1) is 4.98 Å². The van der Waals surface area contributed by atoms with Crippen molar-refractivity contribution < 1.29 is 4.39 Å². The summed E-state index contributed by atoms with van der Waals surface area (Å²) in [6, 6.07) is 2.54. The highest BCUT2D eigenvalue weighted by Gasteiger charge is 1.91. The standard InChI is InChI=1S/C6H3FN2/c1-8-6-3-2-5(7)4-9-6/h2-4H. The average Bonchev–Trinajstić information content (AvgIpc) is 1.90. The Balaban J connectivity index is 3.06. The minimum Gasteiger partial charge on any atom is -0.361 e. The van der Waals surface area contributed by atoms with E-state index >= 15 is 0 Å². The Hall–Kier alpha value is -1.43. The minimum atomic E-state index is -0.414. The minimum absolute atomic E-state index is 0.219. The first kappa shape index (κ1) is 5.70. The number of nitrogens with zero attached hydrogens (tertiary/aromatic N) is 2. The second kappa shape index (κ2) is 2.23. The molecule has 0 saturated heterocycles. The van der Waals surface area contributed by atoms with Crippen molar-refractivity contribution >= 4 is 5.82 Å². The monoisotopic (exact) mass is 122 g/mol. The quantitative estimate of drug-likeness (QED) is 0.479. The molecule has 0 bridgehead atoms. The lowest BCUT2D eigenvalue weighted by Crippen LogP contribution is -1.73. The van der Waals surface area contributed by atoms with Crippen LogP contribution in [-0.4, -0.2) is 4.98 Å². The summed E-state index contributed by atoms with van der Waals surface area (Å²) in [5.74, 6) is -0.196. The molecule has 0 aliphatic carbocycles. The van der Waals surface area contributed by atoms with Gasteiger partial charge in [-0.2, -0.15) is 0 Å². The molecule has 44 valence electrons. The van der Waals surface area contributed by atoms with E-state index < -0.39 is 5.82 Å². The van der Waals surface area contributed by atoms with Crippen molar-refractivity contribution in [3.05, 3.63) is 35.6 Å². The number of rotatable bonds is 0. The largest absolute Gasteiger partial charge is 0.361 e. The van der Waals surface area contributed by atoms with Crippen LogP contribution < -0.4 is 0 Å². The molecule has 0 unspecified atom stereocenters. The Morgan fingerprint density at radius 1 is 1.56 bits per heavy atom. The van der Waals surface area contributed by atoms with Gasteiger partial charge in [0.05, 0.1) is 0 Å². The van der Waals surface area contributed by atoms with E-state index in [2.05, 4.69) is 9.83 Å². The molecule has 2 nitrogen and oxygen atoms in total. The zero-order valence-electron chi connectivity index (χ0n) is 4.50. The van der Waals surface area contributed by atoms with Crippen LogP contribution in [0.1, 0.15) is 0 Å². The molecule has 0 saturated carbocycles. The van der Waals surface area contributed by atoms with Crippen LogP contribution in [0.2, 0.25) is 0 Å². The predicted octanol–water partition coefficient (Wildman–Crippen LogP) is 1.77. The zero-order valence-corrected chi connectivity index (χ0v) is 4.50. The predicted molar refractivity (Wildman–Crippen MR) is 30.5 cm³/mol. The number of halogens is 1. The summed E-state index contributed by atoms with van der Waals surface area (Å²) in [5, 5.41) is 0. The zero-order chi connectivity index (χ0) is 6.69. The molecule has 0 radical (unpaired) electrons. The first-order valence-corrected chi connectivity index (χ1v) is 2.32. The lowest BCUT2D eigenvalue weighted by molar-refractivity contribution is 0.622. The lowest BCUT2D eigenvalue weighted by Gasteiger charge is -1.83. The third-order valence-electron chi connectivity index (χ3n) is 0.826. The molecular weight excluding hydrogens is 119 g/mol. The molecule has 0 spiro atoms. The van der Waals surface area contributed by atoms with E-state index in [0.29, 0.717) is 0 Å². The van der Waals surface area contributed by atoms with Gasteiger partial charge < -0.3 is 4.85 Å². The fourth-order valence-electron chi connectivity index (χ4n) is 0.434. The molecule has 0 aromatic carbocycles. The summed E-state index contributed by atoms with van der Waals surface area (Å²) in [5.41, 5.74) is 0. The van der Waals surface area contributed by atoms with Crippen molar-refractivity contribution in [1.82, 2.24) is 4.98 Å². The highest BCUT2D eigenvalue weighted by Crippen LogP contribution is 2.05. The molecule has 0 amide bonds. The van der Waals surface area contributed by atoms with Crippen molar-refractivity contribution in [1.29, 1.82) is 0 Å². The van der Waals surface area contributed by atoms with Crippen LogP contribution in [-0.2, 0) is 0 Å². The van der Waals surface area contributed by atoms with Gasteiger partial charge in [-0.05, 0) is 12.1 Å². The van der Waals surface area contributed by atoms with Crippen molar-refractivity contribution in [3.63, 3.8) is 0 Å². The second-order valence-corrected chi connectivity index (χ2v) is 1.45. The molecule has 1 heterocycles. The van der Waals surface area contributed by atoms with Crippen molar-refractivity contribution in [3.8, 4) is 0 Å². The number of aromatic nitrogens is 1. The van der Waals surface area contributed by atoms with Gasteiger partial charge in [0.1, 0.15) is 0 Å². The maximum absolute atomic E-state index is 12.1. The third-order valence-corrected chi connectivity index (χ3v) is 0.826. The summed E-state index contributed by atoms with van der Waals surface area (Å²) in [7, 11) is 0. The average molecular weight is 122 g/mol. The van der Waals surface area contributed by atoms with E-state index in [9.17, 15) is 4.39 Å². The smallest absolute Gasteiger partial charge is 0.269 e. The van der Waals surface area contributed by atoms with Crippen LogP contribution in [0, 0.1) is 12.4 Å². The van der Waals surface area contributed by atoms with Gasteiger partial charge in [0, 0.05) is 0 Å². The lowest BCUT2D eigenvalue weighted by atomic mass is 10.4. The Morgan fingerprint density at radius 3 is 2.78 bits per heavy atom. The van der Waals surface area contributed by atoms with Crippen LogP contribution in [0.15, 0.2) is 18.3 Å². The first-order valence-electron chi connectivity index (χ1n) is 2.32. The number of hydrogen-bond donors (Lipinski definition) is 0. The van der Waals surface area contributed by atoms with Gasteiger partial charge in [0.15, 0.2) is 12.0 Å². The molecule has 0 atom stereocenters. The van der Waals surface area contributed by atoms with E-state index in [-0.39, 0.29) is 5.82 Å². The third kappa shape index (κ3) is 1.23. The van der Waals surface area contributed by atoms with E-state index in [1.807, 2.05) is 0 Å². The summed E-state index contributed by atoms with van der Waals surface area (Å²) < 4.78 is 12.1. The summed E-state index contributed by atoms with van der Waals surface area (Å²) in [6.45, 7) is 6.45. The molecule has 0 fully saturated rings.